The molecule has 2 aromatic carbocycles. The Morgan fingerprint density at radius 1 is 0.962 bits per heavy atom. The van der Waals surface area contributed by atoms with E-state index in [1.165, 1.54) is 0 Å². The number of aromatic nitrogens is 2. The van der Waals surface area contributed by atoms with Gasteiger partial charge in [-0.2, -0.15) is 0 Å². The molecule has 0 spiro atoms. The van der Waals surface area contributed by atoms with Gasteiger partial charge in [-0.15, -0.1) is 0 Å². The van der Waals surface area contributed by atoms with E-state index >= 15 is 0 Å². The third-order valence-corrected chi connectivity index (χ3v) is 5.41. The summed E-state index contributed by atoms with van der Waals surface area (Å²) in [7, 11) is 0. The Morgan fingerprint density at radius 2 is 1.58 bits per heavy atom. The van der Waals surface area contributed by atoms with Crippen molar-refractivity contribution in [3.63, 3.8) is 0 Å². The van der Waals surface area contributed by atoms with E-state index in [1.807, 2.05) is 30.3 Å². The summed E-state index contributed by atoms with van der Waals surface area (Å²) in [5.41, 5.74) is 2.10. The maximum atomic E-state index is 10.5. The first-order chi connectivity index (χ1) is 12.5. The van der Waals surface area contributed by atoms with E-state index < -0.39 is 6.10 Å². The molecule has 0 saturated carbocycles. The van der Waals surface area contributed by atoms with Crippen molar-refractivity contribution in [2.75, 3.05) is 5.32 Å². The Kier molecular flexibility index (Phi) is 4.73. The fraction of sp³-hybridized carbons (Fsp3) is 0.150. The van der Waals surface area contributed by atoms with Gasteiger partial charge in [0.05, 0.1) is 17.1 Å². The van der Waals surface area contributed by atoms with Crippen molar-refractivity contribution >= 4 is 59.5 Å². The number of halogens is 2. The van der Waals surface area contributed by atoms with Gasteiger partial charge in [-0.3, -0.25) is 0 Å². The van der Waals surface area contributed by atoms with Crippen LogP contribution in [0.15, 0.2) is 69.7 Å². The number of rotatable bonds is 4. The lowest BCUT2D eigenvalue weighted by Gasteiger charge is -2.25. The highest BCUT2D eigenvalue weighted by molar-refractivity contribution is 9.10. The Balaban J connectivity index is 1.97. The van der Waals surface area contributed by atoms with Crippen molar-refractivity contribution in [2.45, 2.75) is 19.2 Å². The molecule has 2 aromatic heterocycles. The Bertz CT molecular complexity index is 1020. The molecule has 0 fully saturated rings. The van der Waals surface area contributed by atoms with Crippen molar-refractivity contribution in [2.24, 2.45) is 0 Å². The number of hydrogen-bond donors (Lipinski definition) is 2. The normalized spacial score (nSPS) is 13.8. The quantitative estimate of drug-likeness (QED) is 0.398. The minimum Gasteiger partial charge on any atom is -0.389 e. The Morgan fingerprint density at radius 3 is 2.08 bits per heavy atom. The maximum absolute atomic E-state index is 10.5. The van der Waals surface area contributed by atoms with Crippen molar-refractivity contribution in [1.82, 2.24) is 9.55 Å². The zero-order valence-corrected chi connectivity index (χ0v) is 17.2. The van der Waals surface area contributed by atoms with Crippen LogP contribution in [0.2, 0.25) is 0 Å². The molecule has 0 bridgehead atoms. The fourth-order valence-electron chi connectivity index (χ4n) is 3.30. The van der Waals surface area contributed by atoms with Gasteiger partial charge in [0.1, 0.15) is 12.0 Å². The molecule has 0 aliphatic rings. The molecule has 2 atom stereocenters. The predicted octanol–water partition coefficient (Wildman–Crippen LogP) is 5.71. The number of anilines is 1. The standard InChI is InChI=1S/C20H17Br2N3O/c1-12(26)20(24-19-4-2-3-9-23-19)25-17-7-5-13(21)10-15(17)16-11-14(22)6-8-18(16)25/h2-12,20,26H,1H3,(H,23,24). The number of nitrogens with one attached hydrogen (secondary N) is 1. The number of hydrogen-bond acceptors (Lipinski definition) is 3. The van der Waals surface area contributed by atoms with Crippen LogP contribution >= 0.6 is 31.9 Å². The molecule has 26 heavy (non-hydrogen) atoms. The number of aliphatic hydroxyl groups is 1. The summed E-state index contributed by atoms with van der Waals surface area (Å²) >= 11 is 7.14. The summed E-state index contributed by atoms with van der Waals surface area (Å²) in [4.78, 5) is 4.35. The van der Waals surface area contributed by atoms with Gasteiger partial charge in [-0.1, -0.05) is 37.9 Å². The van der Waals surface area contributed by atoms with E-state index in [4.69, 9.17) is 0 Å². The summed E-state index contributed by atoms with van der Waals surface area (Å²) in [6.45, 7) is 1.79. The number of nitrogens with zero attached hydrogens (tertiary/aromatic N) is 2. The summed E-state index contributed by atoms with van der Waals surface area (Å²) in [5, 5.41) is 16.2. The van der Waals surface area contributed by atoms with Crippen LogP contribution in [-0.4, -0.2) is 20.8 Å². The first-order valence-electron chi connectivity index (χ1n) is 8.29. The highest BCUT2D eigenvalue weighted by atomic mass is 79.9. The second-order valence-corrected chi connectivity index (χ2v) is 8.07. The Labute approximate surface area is 168 Å². The summed E-state index contributed by atoms with van der Waals surface area (Å²) < 4.78 is 4.19. The molecule has 4 aromatic rings. The third-order valence-electron chi connectivity index (χ3n) is 4.42. The van der Waals surface area contributed by atoms with E-state index in [0.717, 1.165) is 36.6 Å². The highest BCUT2D eigenvalue weighted by Gasteiger charge is 2.23. The minimum absolute atomic E-state index is 0.354. The van der Waals surface area contributed by atoms with Gasteiger partial charge in [0.25, 0.3) is 0 Å². The number of fused-ring (bicyclic) bond motifs is 3. The zero-order valence-electron chi connectivity index (χ0n) is 14.0. The molecule has 0 radical (unpaired) electrons. The number of pyridine rings is 1. The van der Waals surface area contributed by atoms with Crippen molar-refractivity contribution in [1.29, 1.82) is 0 Å². The Hall–Kier alpha value is -1.89. The average Bonchev–Trinajstić information content (AvgIpc) is 2.93. The molecule has 0 amide bonds. The number of aliphatic hydroxyl groups excluding tert-OH is 1. The van der Waals surface area contributed by atoms with Crippen LogP contribution in [0.4, 0.5) is 5.82 Å². The van der Waals surface area contributed by atoms with Crippen LogP contribution in [0, 0.1) is 0 Å². The molecule has 4 nitrogen and oxygen atoms in total. The van der Waals surface area contributed by atoms with Gasteiger partial charge < -0.3 is 15.0 Å². The molecule has 6 heteroatoms. The first kappa shape index (κ1) is 17.5. The van der Waals surface area contributed by atoms with E-state index in [0.29, 0.717) is 0 Å². The lowest BCUT2D eigenvalue weighted by atomic mass is 10.2. The summed E-state index contributed by atoms with van der Waals surface area (Å²) in [5.74, 6) is 0.725. The molecule has 0 aliphatic heterocycles. The lowest BCUT2D eigenvalue weighted by Crippen LogP contribution is -2.29. The van der Waals surface area contributed by atoms with E-state index in [1.54, 1.807) is 13.1 Å². The SMILES string of the molecule is CC(O)C(Nc1ccccn1)n1c2ccc(Br)cc2c2cc(Br)ccc21. The van der Waals surface area contributed by atoms with Gasteiger partial charge in [-0.05, 0) is 55.5 Å². The van der Waals surface area contributed by atoms with Crippen LogP contribution < -0.4 is 5.32 Å². The second kappa shape index (κ2) is 7.02. The van der Waals surface area contributed by atoms with Crippen molar-refractivity contribution < 1.29 is 5.11 Å². The van der Waals surface area contributed by atoms with Crippen LogP contribution in [0.1, 0.15) is 13.1 Å². The largest absolute Gasteiger partial charge is 0.389 e. The average molecular weight is 475 g/mol. The van der Waals surface area contributed by atoms with Gasteiger partial charge in [-0.25, -0.2) is 4.98 Å². The molecular weight excluding hydrogens is 458 g/mol. The summed E-state index contributed by atoms with van der Waals surface area (Å²) in [6, 6.07) is 18.1. The molecular formula is C20H17Br2N3O. The van der Waals surface area contributed by atoms with E-state index in [2.05, 4.69) is 71.0 Å². The molecule has 4 rings (SSSR count). The fourth-order valence-corrected chi connectivity index (χ4v) is 4.02. The maximum Gasteiger partial charge on any atom is 0.131 e. The van der Waals surface area contributed by atoms with Crippen LogP contribution in [-0.2, 0) is 0 Å². The zero-order chi connectivity index (χ0) is 18.3. The van der Waals surface area contributed by atoms with Crippen LogP contribution in [0.5, 0.6) is 0 Å². The number of benzene rings is 2. The first-order valence-corrected chi connectivity index (χ1v) is 9.87. The molecule has 2 N–H and O–H groups in total. The molecule has 0 saturated heterocycles. The van der Waals surface area contributed by atoms with E-state index in [-0.39, 0.29) is 6.17 Å². The predicted molar refractivity (Wildman–Crippen MR) is 113 cm³/mol. The highest BCUT2D eigenvalue weighted by Crippen LogP contribution is 2.36. The monoisotopic (exact) mass is 473 g/mol. The van der Waals surface area contributed by atoms with Crippen molar-refractivity contribution in [3.8, 4) is 0 Å². The van der Waals surface area contributed by atoms with E-state index in [9.17, 15) is 5.11 Å². The van der Waals surface area contributed by atoms with Gasteiger partial charge in [0, 0.05) is 25.9 Å². The molecule has 132 valence electrons. The topological polar surface area (TPSA) is 50.1 Å². The lowest BCUT2D eigenvalue weighted by molar-refractivity contribution is 0.147. The second-order valence-electron chi connectivity index (χ2n) is 6.24. The van der Waals surface area contributed by atoms with Gasteiger partial charge in [0.15, 0.2) is 0 Å². The molecule has 2 heterocycles. The smallest absolute Gasteiger partial charge is 0.131 e. The summed E-state index contributed by atoms with van der Waals surface area (Å²) in [6.07, 6.45) is 0.761. The van der Waals surface area contributed by atoms with Gasteiger partial charge in [0.2, 0.25) is 0 Å². The molecule has 2 unspecified atom stereocenters. The minimum atomic E-state index is -0.622. The molecule has 0 aliphatic carbocycles. The van der Waals surface area contributed by atoms with Gasteiger partial charge >= 0.3 is 0 Å². The van der Waals surface area contributed by atoms with Crippen LogP contribution in [0.25, 0.3) is 21.8 Å². The van der Waals surface area contributed by atoms with Crippen LogP contribution in [0.3, 0.4) is 0 Å². The third kappa shape index (κ3) is 3.13. The van der Waals surface area contributed by atoms with Crippen molar-refractivity contribution in [3.05, 3.63) is 69.7 Å².